The Kier molecular flexibility index (Phi) is 3.54. The molecule has 84 valence electrons. The molecule has 15 heavy (non-hydrogen) atoms. The number of benzene rings is 1. The molecule has 0 bridgehead atoms. The van der Waals surface area contributed by atoms with Crippen LogP contribution in [-0.2, 0) is 0 Å². The zero-order valence-corrected chi connectivity index (χ0v) is 10.5. The van der Waals surface area contributed by atoms with Crippen LogP contribution >= 0.6 is 23.2 Å². The lowest BCUT2D eigenvalue weighted by Gasteiger charge is -2.28. The van der Waals surface area contributed by atoms with E-state index in [2.05, 4.69) is 0 Å². The number of aromatic hydroxyl groups is 1. The van der Waals surface area contributed by atoms with E-state index in [1.165, 1.54) is 0 Å². The zero-order valence-electron chi connectivity index (χ0n) is 9.01. The Labute approximate surface area is 100.0 Å². The smallest absolute Gasteiger partial charge is 0.140 e. The molecule has 1 aromatic rings. The molecule has 0 aliphatic carbocycles. The van der Waals surface area contributed by atoms with Gasteiger partial charge >= 0.3 is 0 Å². The van der Waals surface area contributed by atoms with Crippen molar-refractivity contribution in [2.75, 3.05) is 0 Å². The van der Waals surface area contributed by atoms with Crippen LogP contribution in [0.5, 0.6) is 5.75 Å². The van der Waals surface area contributed by atoms with Crippen molar-refractivity contribution < 1.29 is 5.11 Å². The molecule has 0 heterocycles. The van der Waals surface area contributed by atoms with Gasteiger partial charge in [-0.1, -0.05) is 50.0 Å². The molecule has 0 radical (unpaired) electrons. The standard InChI is InChI=1S/C11H15Cl2NO/c1-11(2,3)10(14)6-4-5-7(12)8(13)9(6)15/h4-5,10,15H,14H2,1-3H3/t10-/m1/s1. The van der Waals surface area contributed by atoms with Crippen LogP contribution in [-0.4, -0.2) is 5.11 Å². The number of phenols is 1. The second-order valence-corrected chi connectivity index (χ2v) is 5.43. The van der Waals surface area contributed by atoms with Gasteiger partial charge in [-0.15, -0.1) is 0 Å². The van der Waals surface area contributed by atoms with Crippen molar-refractivity contribution in [1.82, 2.24) is 0 Å². The number of halogens is 2. The van der Waals surface area contributed by atoms with Crippen LogP contribution in [0.2, 0.25) is 10.0 Å². The first-order valence-corrected chi connectivity index (χ1v) is 5.43. The van der Waals surface area contributed by atoms with Gasteiger partial charge in [-0.3, -0.25) is 0 Å². The van der Waals surface area contributed by atoms with E-state index in [1.54, 1.807) is 12.1 Å². The van der Waals surface area contributed by atoms with Crippen LogP contribution in [0.4, 0.5) is 0 Å². The SMILES string of the molecule is CC(C)(C)[C@H](N)c1ccc(Cl)c(Cl)c1O. The minimum absolute atomic E-state index is 0.0217. The molecule has 3 N–H and O–H groups in total. The zero-order chi connectivity index (χ0) is 11.8. The monoisotopic (exact) mass is 247 g/mol. The van der Waals surface area contributed by atoms with Crippen LogP contribution in [0.15, 0.2) is 12.1 Å². The molecule has 1 atom stereocenters. The quantitative estimate of drug-likeness (QED) is 0.795. The first-order valence-electron chi connectivity index (χ1n) is 4.67. The van der Waals surface area contributed by atoms with Crippen molar-refractivity contribution >= 4 is 23.2 Å². The van der Waals surface area contributed by atoms with Crippen molar-refractivity contribution in [3.8, 4) is 5.75 Å². The molecule has 2 nitrogen and oxygen atoms in total. The van der Waals surface area contributed by atoms with E-state index in [0.29, 0.717) is 10.6 Å². The maximum absolute atomic E-state index is 9.82. The maximum atomic E-state index is 9.82. The number of rotatable bonds is 1. The molecular weight excluding hydrogens is 233 g/mol. The first-order chi connectivity index (χ1) is 6.75. The summed E-state index contributed by atoms with van der Waals surface area (Å²) in [5.74, 6) is -0.0217. The van der Waals surface area contributed by atoms with Crippen LogP contribution in [0.1, 0.15) is 32.4 Å². The van der Waals surface area contributed by atoms with E-state index in [0.717, 1.165) is 0 Å². The highest BCUT2D eigenvalue weighted by atomic mass is 35.5. The lowest BCUT2D eigenvalue weighted by atomic mass is 9.83. The molecule has 0 aromatic heterocycles. The normalized spacial score (nSPS) is 14.0. The Morgan fingerprint density at radius 3 is 2.27 bits per heavy atom. The number of phenolic OH excluding ortho intramolecular Hbond substituents is 1. The van der Waals surface area contributed by atoms with Crippen molar-refractivity contribution in [3.63, 3.8) is 0 Å². The van der Waals surface area contributed by atoms with Gasteiger partial charge in [-0.05, 0) is 11.5 Å². The summed E-state index contributed by atoms with van der Waals surface area (Å²) in [5.41, 5.74) is 6.51. The van der Waals surface area contributed by atoms with E-state index < -0.39 is 0 Å². The summed E-state index contributed by atoms with van der Waals surface area (Å²) >= 11 is 11.6. The predicted octanol–water partition coefficient (Wildman–Crippen LogP) is 3.74. The van der Waals surface area contributed by atoms with Crippen LogP contribution in [0.25, 0.3) is 0 Å². The topological polar surface area (TPSA) is 46.2 Å². The van der Waals surface area contributed by atoms with E-state index in [9.17, 15) is 5.11 Å². The summed E-state index contributed by atoms with van der Waals surface area (Å²) in [6, 6.07) is 3.07. The molecule has 0 fully saturated rings. The van der Waals surface area contributed by atoms with Crippen molar-refractivity contribution in [2.24, 2.45) is 11.1 Å². The van der Waals surface area contributed by atoms with E-state index >= 15 is 0 Å². The Hall–Kier alpha value is -0.440. The Bertz CT molecular complexity index is 372. The van der Waals surface area contributed by atoms with Gasteiger partial charge in [0.2, 0.25) is 0 Å². The molecule has 0 saturated carbocycles. The molecule has 0 unspecified atom stereocenters. The van der Waals surface area contributed by atoms with Crippen LogP contribution in [0, 0.1) is 5.41 Å². The summed E-state index contributed by atoms with van der Waals surface area (Å²) in [6.07, 6.45) is 0. The van der Waals surface area contributed by atoms with Crippen LogP contribution in [0.3, 0.4) is 0 Å². The van der Waals surface area contributed by atoms with Gasteiger partial charge in [-0.2, -0.15) is 0 Å². The average Bonchev–Trinajstić information content (AvgIpc) is 2.12. The van der Waals surface area contributed by atoms with Gasteiger partial charge in [0, 0.05) is 11.6 Å². The van der Waals surface area contributed by atoms with Crippen LogP contribution < -0.4 is 5.73 Å². The minimum Gasteiger partial charge on any atom is -0.506 e. The molecular formula is C11H15Cl2NO. The van der Waals surface area contributed by atoms with Crippen molar-refractivity contribution in [2.45, 2.75) is 26.8 Å². The minimum atomic E-state index is -0.285. The van der Waals surface area contributed by atoms with Crippen molar-refractivity contribution in [3.05, 3.63) is 27.7 Å². The lowest BCUT2D eigenvalue weighted by molar-refractivity contribution is 0.318. The Balaban J connectivity index is 3.23. The molecule has 0 aliphatic heterocycles. The maximum Gasteiger partial charge on any atom is 0.140 e. The fourth-order valence-corrected chi connectivity index (χ4v) is 1.60. The highest BCUT2D eigenvalue weighted by Gasteiger charge is 2.26. The number of hydrogen-bond acceptors (Lipinski definition) is 2. The summed E-state index contributed by atoms with van der Waals surface area (Å²) in [4.78, 5) is 0. The highest BCUT2D eigenvalue weighted by molar-refractivity contribution is 6.43. The molecule has 0 amide bonds. The fourth-order valence-electron chi connectivity index (χ4n) is 1.27. The van der Waals surface area contributed by atoms with Gasteiger partial charge < -0.3 is 10.8 Å². The van der Waals surface area contributed by atoms with E-state index in [-0.39, 0.29) is 22.2 Å². The first kappa shape index (κ1) is 12.6. The summed E-state index contributed by atoms with van der Waals surface area (Å²) in [6.45, 7) is 6.00. The van der Waals surface area contributed by atoms with E-state index in [1.807, 2.05) is 20.8 Å². The molecule has 1 rings (SSSR count). The molecule has 0 spiro atoms. The summed E-state index contributed by atoms with van der Waals surface area (Å²) in [5, 5.41) is 10.3. The second-order valence-electron chi connectivity index (χ2n) is 4.64. The molecule has 0 aliphatic rings. The van der Waals surface area contributed by atoms with Gasteiger partial charge in [0.25, 0.3) is 0 Å². The summed E-state index contributed by atoms with van der Waals surface area (Å²) < 4.78 is 0. The van der Waals surface area contributed by atoms with Gasteiger partial charge in [0.05, 0.1) is 5.02 Å². The second kappa shape index (κ2) is 4.20. The fraction of sp³-hybridized carbons (Fsp3) is 0.455. The van der Waals surface area contributed by atoms with Gasteiger partial charge in [0.15, 0.2) is 0 Å². The number of hydrogen-bond donors (Lipinski definition) is 2. The third-order valence-corrected chi connectivity index (χ3v) is 3.16. The number of nitrogens with two attached hydrogens (primary N) is 1. The third kappa shape index (κ3) is 2.57. The van der Waals surface area contributed by atoms with Gasteiger partial charge in [0.1, 0.15) is 10.8 Å². The largest absolute Gasteiger partial charge is 0.506 e. The molecule has 1 aromatic carbocycles. The summed E-state index contributed by atoms with van der Waals surface area (Å²) in [7, 11) is 0. The molecule has 0 saturated heterocycles. The lowest BCUT2D eigenvalue weighted by Crippen LogP contribution is -2.26. The van der Waals surface area contributed by atoms with E-state index in [4.69, 9.17) is 28.9 Å². The Morgan fingerprint density at radius 2 is 1.80 bits per heavy atom. The third-order valence-electron chi connectivity index (χ3n) is 2.37. The average molecular weight is 248 g/mol. The highest BCUT2D eigenvalue weighted by Crippen LogP contribution is 2.41. The molecule has 4 heteroatoms. The van der Waals surface area contributed by atoms with Crippen molar-refractivity contribution in [1.29, 1.82) is 0 Å². The predicted molar refractivity (Wildman–Crippen MR) is 64.5 cm³/mol. The Morgan fingerprint density at radius 1 is 1.27 bits per heavy atom. The van der Waals surface area contributed by atoms with Gasteiger partial charge in [-0.25, -0.2) is 0 Å².